The van der Waals surface area contributed by atoms with Crippen molar-refractivity contribution in [3.05, 3.63) is 0 Å². The van der Waals surface area contributed by atoms with Gasteiger partial charge in [-0.05, 0) is 25.2 Å². The molecule has 1 aliphatic carbocycles. The molecule has 3 unspecified atom stereocenters. The number of halogens is 2. The van der Waals surface area contributed by atoms with E-state index in [1.165, 1.54) is 0 Å². The Hall–Kier alpha value is -0.730. The molecule has 0 spiro atoms. The van der Waals surface area contributed by atoms with Crippen LogP contribution in [0.2, 0.25) is 0 Å². The normalized spacial score (nSPS) is 28.6. The van der Waals surface area contributed by atoms with Crippen LogP contribution in [0.1, 0.15) is 32.6 Å². The number of hydrogen-bond acceptors (Lipinski definition) is 3. The summed E-state index contributed by atoms with van der Waals surface area (Å²) in [6.07, 6.45) is 1.19. The quantitative estimate of drug-likeness (QED) is 0.797. The van der Waals surface area contributed by atoms with E-state index in [1.807, 2.05) is 0 Å². The van der Waals surface area contributed by atoms with Crippen molar-refractivity contribution in [2.24, 2.45) is 11.8 Å². The number of nitrogens with zero attached hydrogens (tertiary/aromatic N) is 2. The number of hydrogen-bond donors (Lipinski definition) is 1. The van der Waals surface area contributed by atoms with Gasteiger partial charge < -0.3 is 5.11 Å². The van der Waals surface area contributed by atoms with E-state index in [2.05, 4.69) is 13.0 Å². The van der Waals surface area contributed by atoms with Gasteiger partial charge in [-0.2, -0.15) is 5.26 Å². The Kier molecular flexibility index (Phi) is 6.51. The van der Waals surface area contributed by atoms with Crippen molar-refractivity contribution in [1.82, 2.24) is 4.90 Å². The summed E-state index contributed by atoms with van der Waals surface area (Å²) >= 11 is 0. The van der Waals surface area contributed by atoms with Gasteiger partial charge in [0.1, 0.15) is 0 Å². The molecule has 1 saturated carbocycles. The number of alkyl halides is 2. The van der Waals surface area contributed by atoms with E-state index < -0.39 is 6.43 Å². The highest BCUT2D eigenvalue weighted by molar-refractivity contribution is 4.97. The molecule has 0 amide bonds. The molecule has 1 rings (SSSR count). The Bertz CT molecular complexity index is 281. The van der Waals surface area contributed by atoms with E-state index in [-0.39, 0.29) is 31.7 Å². The first kappa shape index (κ1) is 15.3. The van der Waals surface area contributed by atoms with Gasteiger partial charge in [0.2, 0.25) is 0 Å². The standard InChI is InChI=1S/C13H22F2N2O/c1-2-10-3-4-11(8-16)12(7-10)17(5-6-18)9-13(14)15/h10-13,18H,2-7,9H2,1H3. The molecule has 0 aromatic heterocycles. The molecule has 0 saturated heterocycles. The summed E-state index contributed by atoms with van der Waals surface area (Å²) < 4.78 is 25.1. The number of aliphatic hydroxyl groups is 1. The van der Waals surface area contributed by atoms with Crippen LogP contribution in [0.5, 0.6) is 0 Å². The lowest BCUT2D eigenvalue weighted by Crippen LogP contribution is -2.47. The maximum Gasteiger partial charge on any atom is 0.251 e. The van der Waals surface area contributed by atoms with E-state index in [0.717, 1.165) is 25.7 Å². The van der Waals surface area contributed by atoms with Crippen molar-refractivity contribution in [3.63, 3.8) is 0 Å². The van der Waals surface area contributed by atoms with Crippen molar-refractivity contribution in [2.45, 2.75) is 45.1 Å². The minimum atomic E-state index is -2.42. The van der Waals surface area contributed by atoms with Crippen LogP contribution >= 0.6 is 0 Å². The average molecular weight is 260 g/mol. The molecule has 0 bridgehead atoms. The molecule has 3 nitrogen and oxygen atoms in total. The lowest BCUT2D eigenvalue weighted by atomic mass is 9.77. The van der Waals surface area contributed by atoms with Crippen LogP contribution in [0, 0.1) is 23.2 Å². The third-order valence-corrected chi connectivity index (χ3v) is 3.90. The molecule has 0 heterocycles. The fraction of sp³-hybridized carbons (Fsp3) is 0.923. The lowest BCUT2D eigenvalue weighted by Gasteiger charge is -2.39. The van der Waals surface area contributed by atoms with E-state index in [9.17, 15) is 8.78 Å². The molecule has 1 N–H and O–H groups in total. The summed E-state index contributed by atoms with van der Waals surface area (Å²) in [5.41, 5.74) is 0. The van der Waals surface area contributed by atoms with Gasteiger partial charge in [-0.1, -0.05) is 13.3 Å². The molecule has 104 valence electrons. The zero-order chi connectivity index (χ0) is 13.5. The molecule has 5 heteroatoms. The van der Waals surface area contributed by atoms with Gasteiger partial charge in [0, 0.05) is 12.6 Å². The van der Waals surface area contributed by atoms with Crippen LogP contribution < -0.4 is 0 Å². The zero-order valence-corrected chi connectivity index (χ0v) is 10.9. The molecule has 0 aliphatic heterocycles. The molecule has 1 aliphatic rings. The summed E-state index contributed by atoms with van der Waals surface area (Å²) in [6, 6.07) is 2.11. The first-order chi connectivity index (χ1) is 8.62. The van der Waals surface area contributed by atoms with Crippen LogP contribution in [0.15, 0.2) is 0 Å². The summed E-state index contributed by atoms with van der Waals surface area (Å²) in [5.74, 6) is 0.330. The number of rotatable bonds is 6. The third-order valence-electron chi connectivity index (χ3n) is 3.90. The maximum absolute atomic E-state index is 12.6. The second-order valence-corrected chi connectivity index (χ2v) is 5.00. The van der Waals surface area contributed by atoms with E-state index in [4.69, 9.17) is 10.4 Å². The molecule has 18 heavy (non-hydrogen) atoms. The average Bonchev–Trinajstić information content (AvgIpc) is 2.37. The highest BCUT2D eigenvalue weighted by Gasteiger charge is 2.34. The van der Waals surface area contributed by atoms with Crippen LogP contribution in [-0.4, -0.2) is 42.2 Å². The molecular formula is C13H22F2N2O. The number of aliphatic hydroxyl groups excluding tert-OH is 1. The van der Waals surface area contributed by atoms with E-state index in [0.29, 0.717) is 5.92 Å². The van der Waals surface area contributed by atoms with Gasteiger partial charge in [0.05, 0.1) is 25.1 Å². The van der Waals surface area contributed by atoms with Gasteiger partial charge in [-0.25, -0.2) is 8.78 Å². The Balaban J connectivity index is 2.73. The molecule has 3 atom stereocenters. The summed E-state index contributed by atoms with van der Waals surface area (Å²) in [6.45, 7) is 1.83. The largest absolute Gasteiger partial charge is 0.395 e. The predicted molar refractivity (Wildman–Crippen MR) is 65.2 cm³/mol. The fourth-order valence-corrected chi connectivity index (χ4v) is 2.85. The van der Waals surface area contributed by atoms with Gasteiger partial charge in [-0.15, -0.1) is 0 Å². The topological polar surface area (TPSA) is 47.3 Å². The SMILES string of the molecule is CCC1CCC(C#N)C(N(CCO)CC(F)F)C1. The first-order valence-electron chi connectivity index (χ1n) is 6.65. The monoisotopic (exact) mass is 260 g/mol. The summed E-state index contributed by atoms with van der Waals surface area (Å²) in [4.78, 5) is 1.60. The van der Waals surface area contributed by atoms with Gasteiger partial charge in [-0.3, -0.25) is 4.90 Å². The van der Waals surface area contributed by atoms with Crippen molar-refractivity contribution in [3.8, 4) is 6.07 Å². The minimum absolute atomic E-state index is 0.130. The molecule has 0 aromatic carbocycles. The van der Waals surface area contributed by atoms with E-state index >= 15 is 0 Å². The Labute approximate surface area is 107 Å². The van der Waals surface area contributed by atoms with Crippen LogP contribution in [0.25, 0.3) is 0 Å². The van der Waals surface area contributed by atoms with E-state index in [1.54, 1.807) is 4.90 Å². The highest BCUT2D eigenvalue weighted by atomic mass is 19.3. The molecule has 0 radical (unpaired) electrons. The van der Waals surface area contributed by atoms with Crippen molar-refractivity contribution in [2.75, 3.05) is 19.7 Å². The van der Waals surface area contributed by atoms with Crippen molar-refractivity contribution in [1.29, 1.82) is 5.26 Å². The predicted octanol–water partition coefficient (Wildman–Crippen LogP) is 2.26. The molecule has 0 aromatic rings. The summed E-state index contributed by atoms with van der Waals surface area (Å²) in [7, 11) is 0. The van der Waals surface area contributed by atoms with Gasteiger partial charge in [0.25, 0.3) is 6.43 Å². The van der Waals surface area contributed by atoms with Gasteiger partial charge in [0.15, 0.2) is 0 Å². The third kappa shape index (κ3) is 4.18. The Morgan fingerprint density at radius 3 is 2.67 bits per heavy atom. The lowest BCUT2D eigenvalue weighted by molar-refractivity contribution is 0.0237. The van der Waals surface area contributed by atoms with Gasteiger partial charge >= 0.3 is 0 Å². The van der Waals surface area contributed by atoms with Crippen LogP contribution in [0.3, 0.4) is 0 Å². The van der Waals surface area contributed by atoms with Crippen molar-refractivity contribution >= 4 is 0 Å². The fourth-order valence-electron chi connectivity index (χ4n) is 2.85. The van der Waals surface area contributed by atoms with Crippen LogP contribution in [-0.2, 0) is 0 Å². The minimum Gasteiger partial charge on any atom is -0.395 e. The van der Waals surface area contributed by atoms with Crippen LogP contribution in [0.4, 0.5) is 8.78 Å². The molecular weight excluding hydrogens is 238 g/mol. The Morgan fingerprint density at radius 2 is 2.17 bits per heavy atom. The summed E-state index contributed by atoms with van der Waals surface area (Å²) in [5, 5.41) is 18.1. The second-order valence-electron chi connectivity index (χ2n) is 5.00. The molecule has 1 fully saturated rings. The number of nitriles is 1. The second kappa shape index (κ2) is 7.65. The Morgan fingerprint density at radius 1 is 1.44 bits per heavy atom. The maximum atomic E-state index is 12.6. The highest BCUT2D eigenvalue weighted by Crippen LogP contribution is 2.33. The van der Waals surface area contributed by atoms with Crippen molar-refractivity contribution < 1.29 is 13.9 Å². The first-order valence-corrected chi connectivity index (χ1v) is 6.65. The smallest absolute Gasteiger partial charge is 0.251 e. The zero-order valence-electron chi connectivity index (χ0n) is 10.9.